The van der Waals surface area contributed by atoms with E-state index in [1.807, 2.05) is 12.1 Å². The Labute approximate surface area is 158 Å². The Bertz CT molecular complexity index is 880. The number of benzene rings is 2. The van der Waals surface area contributed by atoms with Crippen LogP contribution in [0.5, 0.6) is 0 Å². The zero-order valence-corrected chi connectivity index (χ0v) is 15.7. The van der Waals surface area contributed by atoms with Gasteiger partial charge < -0.3 is 9.88 Å². The summed E-state index contributed by atoms with van der Waals surface area (Å²) in [7, 11) is 0. The Morgan fingerprint density at radius 3 is 2.38 bits per heavy atom. The molecule has 3 nitrogen and oxygen atoms in total. The van der Waals surface area contributed by atoms with Crippen molar-refractivity contribution in [3.05, 3.63) is 54.6 Å². The number of H-pyrrole nitrogens is 1. The average Bonchev–Trinajstić information content (AvgIpc) is 2.85. The van der Waals surface area contributed by atoms with Crippen LogP contribution in [0.2, 0.25) is 0 Å². The summed E-state index contributed by atoms with van der Waals surface area (Å²) < 4.78 is 0. The third-order valence-electron chi connectivity index (χ3n) is 5.02. The van der Waals surface area contributed by atoms with Crippen LogP contribution in [0.15, 0.2) is 59.5 Å². The molecule has 134 valence electrons. The topological polar surface area (TPSA) is 36.1 Å². The van der Waals surface area contributed by atoms with Crippen molar-refractivity contribution in [1.29, 1.82) is 0 Å². The molecule has 1 saturated heterocycles. The van der Waals surface area contributed by atoms with Gasteiger partial charge in [-0.05, 0) is 24.5 Å². The summed E-state index contributed by atoms with van der Waals surface area (Å²) in [5.41, 5.74) is 3.39. The minimum absolute atomic E-state index is 0.265. The standard InChI is InChI=1S/C22H24N2OS/c25-20(24-14-8-1-2-9-15-24)16-26-22-18-12-6-7-13-19(18)23-21(22)17-10-4-3-5-11-17/h3-7,10-13,23H,1-2,8-9,14-16H2. The quantitative estimate of drug-likeness (QED) is 0.635. The molecule has 4 heteroatoms. The average molecular weight is 365 g/mol. The predicted molar refractivity (Wildman–Crippen MR) is 110 cm³/mol. The van der Waals surface area contributed by atoms with Gasteiger partial charge in [-0.1, -0.05) is 61.4 Å². The SMILES string of the molecule is O=C(CSc1c(-c2ccccc2)[nH]c2ccccc12)N1CCCCCC1. The van der Waals surface area contributed by atoms with Crippen LogP contribution in [-0.2, 0) is 4.79 Å². The number of hydrogen-bond acceptors (Lipinski definition) is 2. The van der Waals surface area contributed by atoms with Gasteiger partial charge in [-0.25, -0.2) is 0 Å². The molecule has 0 saturated carbocycles. The summed E-state index contributed by atoms with van der Waals surface area (Å²) in [4.78, 5) is 19.5. The van der Waals surface area contributed by atoms with Gasteiger partial charge in [0.1, 0.15) is 0 Å². The van der Waals surface area contributed by atoms with E-state index in [2.05, 4.69) is 52.3 Å². The predicted octanol–water partition coefficient (Wildman–Crippen LogP) is 5.33. The van der Waals surface area contributed by atoms with Crippen molar-refractivity contribution >= 4 is 28.6 Å². The molecule has 1 N–H and O–H groups in total. The van der Waals surface area contributed by atoms with Crippen molar-refractivity contribution in [3.63, 3.8) is 0 Å². The van der Waals surface area contributed by atoms with Crippen LogP contribution in [0.4, 0.5) is 0 Å². The first-order valence-corrected chi connectivity index (χ1v) is 10.4. The normalized spacial score (nSPS) is 15.2. The second-order valence-electron chi connectivity index (χ2n) is 6.82. The van der Waals surface area contributed by atoms with Gasteiger partial charge in [0.2, 0.25) is 5.91 Å². The first-order valence-electron chi connectivity index (χ1n) is 9.39. The van der Waals surface area contributed by atoms with Gasteiger partial charge in [0.25, 0.3) is 0 Å². The van der Waals surface area contributed by atoms with Crippen LogP contribution in [0, 0.1) is 0 Å². The van der Waals surface area contributed by atoms with Crippen LogP contribution in [0.25, 0.3) is 22.2 Å². The van der Waals surface area contributed by atoms with E-state index in [1.54, 1.807) is 11.8 Å². The van der Waals surface area contributed by atoms with Gasteiger partial charge in [0.05, 0.1) is 11.4 Å². The van der Waals surface area contributed by atoms with Crippen LogP contribution >= 0.6 is 11.8 Å². The zero-order valence-electron chi connectivity index (χ0n) is 14.9. The molecular formula is C22H24N2OS. The number of likely N-dealkylation sites (tertiary alicyclic amines) is 1. The van der Waals surface area contributed by atoms with Crippen molar-refractivity contribution < 1.29 is 4.79 Å². The third kappa shape index (κ3) is 3.65. The summed E-state index contributed by atoms with van der Waals surface area (Å²) in [5.74, 6) is 0.767. The van der Waals surface area contributed by atoms with Crippen molar-refractivity contribution in [3.8, 4) is 11.3 Å². The Balaban J connectivity index is 1.60. The smallest absolute Gasteiger partial charge is 0.232 e. The number of para-hydroxylation sites is 1. The fourth-order valence-corrected chi connectivity index (χ4v) is 4.72. The maximum Gasteiger partial charge on any atom is 0.232 e. The van der Waals surface area contributed by atoms with Gasteiger partial charge in [0, 0.05) is 28.9 Å². The van der Waals surface area contributed by atoms with E-state index in [0.717, 1.165) is 42.7 Å². The van der Waals surface area contributed by atoms with E-state index < -0.39 is 0 Å². The van der Waals surface area contributed by atoms with Gasteiger partial charge >= 0.3 is 0 Å². The number of amides is 1. The monoisotopic (exact) mass is 364 g/mol. The molecule has 1 aliphatic rings. The Morgan fingerprint density at radius 1 is 0.923 bits per heavy atom. The highest BCUT2D eigenvalue weighted by molar-refractivity contribution is 8.00. The number of nitrogens with one attached hydrogen (secondary N) is 1. The number of hydrogen-bond donors (Lipinski definition) is 1. The molecule has 26 heavy (non-hydrogen) atoms. The number of thioether (sulfide) groups is 1. The molecule has 1 amide bonds. The summed E-state index contributed by atoms with van der Waals surface area (Å²) in [6.07, 6.45) is 4.77. The van der Waals surface area contributed by atoms with Crippen LogP contribution in [0.3, 0.4) is 0 Å². The van der Waals surface area contributed by atoms with Crippen LogP contribution < -0.4 is 0 Å². The molecular weight excluding hydrogens is 340 g/mol. The minimum Gasteiger partial charge on any atom is -0.354 e. The lowest BCUT2D eigenvalue weighted by atomic mass is 10.1. The number of carbonyl (C=O) groups excluding carboxylic acids is 1. The van der Waals surface area contributed by atoms with Crippen molar-refractivity contribution in [2.45, 2.75) is 30.6 Å². The fourth-order valence-electron chi connectivity index (χ4n) is 3.62. The van der Waals surface area contributed by atoms with Crippen LogP contribution in [-0.4, -0.2) is 34.6 Å². The van der Waals surface area contributed by atoms with E-state index in [4.69, 9.17) is 0 Å². The Kier molecular flexibility index (Phi) is 5.30. The number of aromatic amines is 1. The second kappa shape index (κ2) is 8.00. The highest BCUT2D eigenvalue weighted by Gasteiger charge is 2.19. The molecule has 2 aromatic carbocycles. The number of rotatable bonds is 4. The summed E-state index contributed by atoms with van der Waals surface area (Å²) >= 11 is 1.66. The van der Waals surface area contributed by atoms with Crippen molar-refractivity contribution in [2.24, 2.45) is 0 Å². The molecule has 2 heterocycles. The molecule has 1 aromatic heterocycles. The van der Waals surface area contributed by atoms with E-state index in [-0.39, 0.29) is 5.91 Å². The zero-order chi connectivity index (χ0) is 17.8. The summed E-state index contributed by atoms with van der Waals surface area (Å²) in [5, 5.41) is 1.19. The molecule has 1 fully saturated rings. The fraction of sp³-hybridized carbons (Fsp3) is 0.318. The second-order valence-corrected chi connectivity index (χ2v) is 7.81. The molecule has 0 bridgehead atoms. The Hall–Kier alpha value is -2.20. The highest BCUT2D eigenvalue weighted by atomic mass is 32.2. The minimum atomic E-state index is 0.265. The summed E-state index contributed by atoms with van der Waals surface area (Å²) in [6, 6.07) is 18.7. The summed E-state index contributed by atoms with van der Waals surface area (Å²) in [6.45, 7) is 1.83. The van der Waals surface area contributed by atoms with Gasteiger partial charge in [0.15, 0.2) is 0 Å². The van der Waals surface area contributed by atoms with Gasteiger partial charge in [-0.2, -0.15) is 0 Å². The molecule has 4 rings (SSSR count). The molecule has 0 spiro atoms. The van der Waals surface area contributed by atoms with E-state index in [9.17, 15) is 4.79 Å². The lowest BCUT2D eigenvalue weighted by Gasteiger charge is -2.20. The molecule has 3 aromatic rings. The maximum atomic E-state index is 12.7. The molecule has 0 radical (unpaired) electrons. The third-order valence-corrected chi connectivity index (χ3v) is 6.12. The van der Waals surface area contributed by atoms with Crippen molar-refractivity contribution in [2.75, 3.05) is 18.8 Å². The molecule has 0 unspecified atom stereocenters. The Morgan fingerprint density at radius 2 is 1.62 bits per heavy atom. The van der Waals surface area contributed by atoms with Crippen molar-refractivity contribution in [1.82, 2.24) is 9.88 Å². The molecule has 0 atom stereocenters. The number of carbonyl (C=O) groups is 1. The number of aromatic nitrogens is 1. The lowest BCUT2D eigenvalue weighted by molar-refractivity contribution is -0.128. The first kappa shape index (κ1) is 17.2. The van der Waals surface area contributed by atoms with E-state index >= 15 is 0 Å². The molecule has 0 aliphatic carbocycles. The van der Waals surface area contributed by atoms with Gasteiger partial charge in [-0.3, -0.25) is 4.79 Å². The largest absolute Gasteiger partial charge is 0.354 e. The molecule has 1 aliphatic heterocycles. The van der Waals surface area contributed by atoms with E-state index in [0.29, 0.717) is 5.75 Å². The van der Waals surface area contributed by atoms with E-state index in [1.165, 1.54) is 23.1 Å². The highest BCUT2D eigenvalue weighted by Crippen LogP contribution is 2.37. The number of fused-ring (bicyclic) bond motifs is 1. The van der Waals surface area contributed by atoms with Gasteiger partial charge in [-0.15, -0.1) is 11.8 Å². The maximum absolute atomic E-state index is 12.7. The van der Waals surface area contributed by atoms with Crippen LogP contribution in [0.1, 0.15) is 25.7 Å². The lowest BCUT2D eigenvalue weighted by Crippen LogP contribution is -2.33. The first-order chi connectivity index (χ1) is 12.8. The number of nitrogens with zero attached hydrogens (tertiary/aromatic N) is 1.